The zero-order valence-corrected chi connectivity index (χ0v) is 13.0. The average molecular weight is 324 g/mol. The molecule has 0 aliphatic carbocycles. The number of benzene rings is 1. The van der Waals surface area contributed by atoms with Crippen LogP contribution in [0.15, 0.2) is 28.9 Å². The molecule has 2 aromatic rings. The number of nitrogens with one attached hydrogen (secondary N) is 1. The molecule has 1 N–H and O–H groups in total. The molecule has 0 fully saturated rings. The van der Waals surface area contributed by atoms with Crippen molar-refractivity contribution in [3.05, 3.63) is 40.1 Å². The first-order chi connectivity index (χ1) is 9.13. The van der Waals surface area contributed by atoms with Crippen molar-refractivity contribution in [1.82, 2.24) is 9.78 Å². The Labute approximate surface area is 121 Å². The fourth-order valence-corrected chi connectivity index (χ4v) is 2.43. The van der Waals surface area contributed by atoms with Gasteiger partial charge in [-0.2, -0.15) is 5.10 Å². The number of aromatic nitrogens is 2. The topological polar surface area (TPSA) is 39.1 Å². The van der Waals surface area contributed by atoms with E-state index < -0.39 is 0 Å². The minimum Gasteiger partial charge on any atom is -0.496 e. The van der Waals surface area contributed by atoms with Gasteiger partial charge in [0.1, 0.15) is 5.75 Å². The Morgan fingerprint density at radius 2 is 2.21 bits per heavy atom. The summed E-state index contributed by atoms with van der Waals surface area (Å²) in [5.74, 6) is 0.887. The van der Waals surface area contributed by atoms with E-state index in [2.05, 4.69) is 39.3 Å². The maximum atomic E-state index is 5.37. The lowest BCUT2D eigenvalue weighted by Crippen LogP contribution is -2.02. The van der Waals surface area contributed by atoms with E-state index in [1.807, 2.05) is 30.1 Å². The number of nitrogens with zero attached hydrogens (tertiary/aromatic N) is 2. The van der Waals surface area contributed by atoms with E-state index in [9.17, 15) is 0 Å². The summed E-state index contributed by atoms with van der Waals surface area (Å²) in [6.07, 6.45) is 2.92. The Morgan fingerprint density at radius 3 is 2.89 bits per heavy atom. The summed E-state index contributed by atoms with van der Waals surface area (Å²) in [6, 6.07) is 6.00. The Balaban J connectivity index is 2.15. The molecule has 1 aromatic heterocycles. The van der Waals surface area contributed by atoms with Crippen molar-refractivity contribution < 1.29 is 4.74 Å². The van der Waals surface area contributed by atoms with E-state index in [0.29, 0.717) is 6.54 Å². The first kappa shape index (κ1) is 13.9. The van der Waals surface area contributed by atoms with E-state index in [0.717, 1.165) is 33.6 Å². The summed E-state index contributed by atoms with van der Waals surface area (Å²) in [5, 5.41) is 7.83. The summed E-state index contributed by atoms with van der Waals surface area (Å²) in [4.78, 5) is 0. The lowest BCUT2D eigenvalue weighted by Gasteiger charge is -2.10. The van der Waals surface area contributed by atoms with E-state index in [1.54, 1.807) is 7.11 Å². The third kappa shape index (κ3) is 3.29. The number of hydrogen-bond acceptors (Lipinski definition) is 3. The zero-order chi connectivity index (χ0) is 13.8. The minimum absolute atomic E-state index is 0.710. The van der Waals surface area contributed by atoms with Crippen LogP contribution in [0.4, 0.5) is 5.69 Å². The van der Waals surface area contributed by atoms with Crippen molar-refractivity contribution in [3.63, 3.8) is 0 Å². The van der Waals surface area contributed by atoms with Gasteiger partial charge in [0, 0.05) is 29.8 Å². The van der Waals surface area contributed by atoms with Gasteiger partial charge in [-0.1, -0.05) is 22.9 Å². The van der Waals surface area contributed by atoms with Gasteiger partial charge >= 0.3 is 0 Å². The lowest BCUT2D eigenvalue weighted by molar-refractivity contribution is 0.410. The van der Waals surface area contributed by atoms with Gasteiger partial charge in [0.25, 0.3) is 0 Å². The smallest absolute Gasteiger partial charge is 0.123 e. The van der Waals surface area contributed by atoms with Gasteiger partial charge in [-0.3, -0.25) is 4.68 Å². The van der Waals surface area contributed by atoms with Gasteiger partial charge in [0.15, 0.2) is 0 Å². The molecule has 4 nitrogen and oxygen atoms in total. The Morgan fingerprint density at radius 1 is 1.42 bits per heavy atom. The number of hydrogen-bond donors (Lipinski definition) is 1. The predicted molar refractivity (Wildman–Crippen MR) is 80.6 cm³/mol. The number of rotatable bonds is 5. The SMILES string of the molecule is CCc1nn(C)cc1NCc1cc(Br)ccc1OC. The fourth-order valence-electron chi connectivity index (χ4n) is 2.02. The summed E-state index contributed by atoms with van der Waals surface area (Å²) in [7, 11) is 3.62. The highest BCUT2D eigenvalue weighted by Gasteiger charge is 2.08. The molecular weight excluding hydrogens is 306 g/mol. The summed E-state index contributed by atoms with van der Waals surface area (Å²) < 4.78 is 8.25. The van der Waals surface area contributed by atoms with Crippen LogP contribution in [0.3, 0.4) is 0 Å². The van der Waals surface area contributed by atoms with Crippen molar-refractivity contribution >= 4 is 21.6 Å². The molecule has 0 spiro atoms. The van der Waals surface area contributed by atoms with Crippen LogP contribution in [0.1, 0.15) is 18.2 Å². The molecule has 102 valence electrons. The van der Waals surface area contributed by atoms with Crippen molar-refractivity contribution in [3.8, 4) is 5.75 Å². The molecule has 0 aliphatic heterocycles. The normalized spacial score (nSPS) is 10.5. The predicted octanol–water partition coefficient (Wildman–Crippen LogP) is 3.37. The molecule has 0 saturated heterocycles. The molecular formula is C14H18BrN3O. The number of methoxy groups -OCH3 is 1. The van der Waals surface area contributed by atoms with Crippen LogP contribution in [-0.2, 0) is 20.0 Å². The maximum absolute atomic E-state index is 5.37. The molecule has 19 heavy (non-hydrogen) atoms. The van der Waals surface area contributed by atoms with Crippen LogP contribution in [0.25, 0.3) is 0 Å². The minimum atomic E-state index is 0.710. The standard InChI is InChI=1S/C14H18BrN3O/c1-4-12-13(9-18(2)17-12)16-8-10-7-11(15)5-6-14(10)19-3/h5-7,9,16H,4,8H2,1-3H3. The van der Waals surface area contributed by atoms with Crippen LogP contribution >= 0.6 is 15.9 Å². The Hall–Kier alpha value is -1.49. The molecule has 5 heteroatoms. The monoisotopic (exact) mass is 323 g/mol. The maximum Gasteiger partial charge on any atom is 0.123 e. The number of ether oxygens (including phenoxy) is 1. The first-order valence-electron chi connectivity index (χ1n) is 6.22. The highest BCUT2D eigenvalue weighted by Crippen LogP contribution is 2.24. The average Bonchev–Trinajstić information content (AvgIpc) is 2.77. The number of aryl methyl sites for hydroxylation is 2. The molecule has 1 heterocycles. The van der Waals surface area contributed by atoms with Gasteiger partial charge in [-0.05, 0) is 24.6 Å². The molecule has 0 unspecified atom stereocenters. The van der Waals surface area contributed by atoms with Crippen molar-refractivity contribution in [2.45, 2.75) is 19.9 Å². The summed E-state index contributed by atoms with van der Waals surface area (Å²) >= 11 is 3.48. The van der Waals surface area contributed by atoms with Crippen molar-refractivity contribution in [2.24, 2.45) is 7.05 Å². The molecule has 0 saturated carbocycles. The van der Waals surface area contributed by atoms with Crippen LogP contribution in [-0.4, -0.2) is 16.9 Å². The Bertz CT molecular complexity index is 566. The second-order valence-electron chi connectivity index (χ2n) is 4.33. The second kappa shape index (κ2) is 6.10. The molecule has 1 aromatic carbocycles. The molecule has 0 aliphatic rings. The molecule has 0 atom stereocenters. The van der Waals surface area contributed by atoms with Crippen LogP contribution < -0.4 is 10.1 Å². The van der Waals surface area contributed by atoms with Gasteiger partial charge in [0.2, 0.25) is 0 Å². The van der Waals surface area contributed by atoms with Gasteiger partial charge < -0.3 is 10.1 Å². The van der Waals surface area contributed by atoms with Crippen LogP contribution in [0, 0.1) is 0 Å². The van der Waals surface area contributed by atoms with Crippen molar-refractivity contribution in [1.29, 1.82) is 0 Å². The van der Waals surface area contributed by atoms with E-state index in [-0.39, 0.29) is 0 Å². The van der Waals surface area contributed by atoms with Gasteiger partial charge in [0.05, 0.1) is 18.5 Å². The first-order valence-corrected chi connectivity index (χ1v) is 7.02. The molecule has 0 amide bonds. The van der Waals surface area contributed by atoms with Crippen molar-refractivity contribution in [2.75, 3.05) is 12.4 Å². The third-order valence-electron chi connectivity index (χ3n) is 2.95. The van der Waals surface area contributed by atoms with E-state index >= 15 is 0 Å². The van der Waals surface area contributed by atoms with E-state index in [4.69, 9.17) is 4.74 Å². The lowest BCUT2D eigenvalue weighted by atomic mass is 10.2. The largest absolute Gasteiger partial charge is 0.496 e. The third-order valence-corrected chi connectivity index (χ3v) is 3.45. The van der Waals surface area contributed by atoms with Crippen LogP contribution in [0.5, 0.6) is 5.75 Å². The van der Waals surface area contributed by atoms with Gasteiger partial charge in [-0.25, -0.2) is 0 Å². The number of anilines is 1. The zero-order valence-electron chi connectivity index (χ0n) is 11.4. The second-order valence-corrected chi connectivity index (χ2v) is 5.24. The number of halogens is 1. The van der Waals surface area contributed by atoms with Crippen LogP contribution in [0.2, 0.25) is 0 Å². The molecule has 2 rings (SSSR count). The summed E-state index contributed by atoms with van der Waals surface area (Å²) in [6.45, 7) is 2.81. The highest BCUT2D eigenvalue weighted by atomic mass is 79.9. The summed E-state index contributed by atoms with van der Waals surface area (Å²) in [5.41, 5.74) is 3.27. The molecule has 0 bridgehead atoms. The van der Waals surface area contributed by atoms with Gasteiger partial charge in [-0.15, -0.1) is 0 Å². The molecule has 0 radical (unpaired) electrons. The Kier molecular flexibility index (Phi) is 4.47. The van der Waals surface area contributed by atoms with E-state index in [1.165, 1.54) is 0 Å². The quantitative estimate of drug-likeness (QED) is 0.917. The fraction of sp³-hybridized carbons (Fsp3) is 0.357. The highest BCUT2D eigenvalue weighted by molar-refractivity contribution is 9.10.